The van der Waals surface area contributed by atoms with E-state index in [1.54, 1.807) is 0 Å². The van der Waals surface area contributed by atoms with Crippen LogP contribution in [0.4, 0.5) is 0 Å². The van der Waals surface area contributed by atoms with Crippen molar-refractivity contribution in [3.63, 3.8) is 0 Å². The van der Waals surface area contributed by atoms with Gasteiger partial charge in [-0.1, -0.05) is 22.6 Å². The Morgan fingerprint density at radius 3 is 2.29 bits per heavy atom. The molecule has 2 bridgehead atoms. The van der Waals surface area contributed by atoms with Gasteiger partial charge in [-0.3, -0.25) is 9.80 Å². The number of piperazine rings is 1. The number of rotatable bonds is 3. The molecular formula is C13H24IN3. The summed E-state index contributed by atoms with van der Waals surface area (Å²) >= 11 is 2.52. The molecule has 3 rings (SSSR count). The van der Waals surface area contributed by atoms with Crippen molar-refractivity contribution in [2.24, 2.45) is 5.92 Å². The second-order valence-corrected chi connectivity index (χ2v) is 6.82. The van der Waals surface area contributed by atoms with E-state index in [0.717, 1.165) is 18.0 Å². The fourth-order valence-corrected chi connectivity index (χ4v) is 4.61. The SMILES string of the molecule is CN1CCC(CN2C[C@H]3C[C@@H]2CN3CI)CC1. The Balaban J connectivity index is 1.48. The predicted octanol–water partition coefficient (Wildman–Crippen LogP) is 1.48. The Bertz CT molecular complexity index is 265. The fraction of sp³-hybridized carbons (Fsp3) is 1.00. The minimum atomic E-state index is 0.878. The molecule has 0 aliphatic carbocycles. The molecular weight excluding hydrogens is 325 g/mol. The van der Waals surface area contributed by atoms with Gasteiger partial charge in [0.1, 0.15) is 0 Å². The minimum absolute atomic E-state index is 0.878. The molecule has 0 unspecified atom stereocenters. The molecule has 0 saturated carbocycles. The number of hydrogen-bond donors (Lipinski definition) is 0. The zero-order chi connectivity index (χ0) is 11.8. The van der Waals surface area contributed by atoms with E-state index in [2.05, 4.69) is 44.3 Å². The number of hydrogen-bond acceptors (Lipinski definition) is 3. The Hall–Kier alpha value is 0.610. The first-order chi connectivity index (χ1) is 8.26. The largest absolute Gasteiger partial charge is 0.306 e. The normalized spacial score (nSPS) is 37.1. The van der Waals surface area contributed by atoms with Crippen molar-refractivity contribution in [3.05, 3.63) is 0 Å². The number of alkyl halides is 1. The molecule has 17 heavy (non-hydrogen) atoms. The van der Waals surface area contributed by atoms with Crippen LogP contribution >= 0.6 is 22.6 Å². The fourth-order valence-electron chi connectivity index (χ4n) is 3.78. The highest BCUT2D eigenvalue weighted by Gasteiger charge is 2.42. The highest BCUT2D eigenvalue weighted by molar-refractivity contribution is 14.1. The molecule has 4 heteroatoms. The molecule has 0 radical (unpaired) electrons. The van der Waals surface area contributed by atoms with Crippen molar-refractivity contribution < 1.29 is 0 Å². The lowest BCUT2D eigenvalue weighted by molar-refractivity contribution is 0.107. The summed E-state index contributed by atoms with van der Waals surface area (Å²) in [6.07, 6.45) is 4.27. The summed E-state index contributed by atoms with van der Waals surface area (Å²) in [4.78, 5) is 7.93. The van der Waals surface area contributed by atoms with E-state index in [1.165, 1.54) is 56.5 Å². The van der Waals surface area contributed by atoms with Crippen LogP contribution in [0.5, 0.6) is 0 Å². The van der Waals surface area contributed by atoms with Gasteiger partial charge in [-0.15, -0.1) is 0 Å². The van der Waals surface area contributed by atoms with Gasteiger partial charge in [0, 0.05) is 31.7 Å². The van der Waals surface area contributed by atoms with Gasteiger partial charge in [0.25, 0.3) is 0 Å². The molecule has 0 aromatic heterocycles. The first-order valence-electron chi connectivity index (χ1n) is 6.99. The third-order valence-electron chi connectivity index (χ3n) is 4.95. The molecule has 3 saturated heterocycles. The first-order valence-corrected chi connectivity index (χ1v) is 8.51. The topological polar surface area (TPSA) is 9.72 Å². The van der Waals surface area contributed by atoms with E-state index in [1.807, 2.05) is 0 Å². The highest BCUT2D eigenvalue weighted by atomic mass is 127. The number of likely N-dealkylation sites (tertiary alicyclic amines) is 3. The molecule has 2 atom stereocenters. The maximum absolute atomic E-state index is 2.80. The van der Waals surface area contributed by atoms with Gasteiger partial charge in [0.15, 0.2) is 0 Å². The Kier molecular flexibility index (Phi) is 3.95. The van der Waals surface area contributed by atoms with Crippen LogP contribution in [0.3, 0.4) is 0 Å². The highest BCUT2D eigenvalue weighted by Crippen LogP contribution is 2.32. The minimum Gasteiger partial charge on any atom is -0.306 e. The predicted molar refractivity (Wildman–Crippen MR) is 79.6 cm³/mol. The van der Waals surface area contributed by atoms with Crippen LogP contribution in [-0.2, 0) is 0 Å². The van der Waals surface area contributed by atoms with Crippen LogP contribution in [0.25, 0.3) is 0 Å². The molecule has 0 spiro atoms. The van der Waals surface area contributed by atoms with Crippen molar-refractivity contribution >= 4 is 22.6 Å². The van der Waals surface area contributed by atoms with Crippen molar-refractivity contribution in [2.45, 2.75) is 31.3 Å². The van der Waals surface area contributed by atoms with Gasteiger partial charge in [0.05, 0.1) is 4.55 Å². The zero-order valence-electron chi connectivity index (χ0n) is 10.8. The van der Waals surface area contributed by atoms with Crippen molar-refractivity contribution in [2.75, 3.05) is 44.3 Å². The lowest BCUT2D eigenvalue weighted by Crippen LogP contribution is -2.48. The van der Waals surface area contributed by atoms with Crippen molar-refractivity contribution in [1.29, 1.82) is 0 Å². The quantitative estimate of drug-likeness (QED) is 0.434. The summed E-state index contributed by atoms with van der Waals surface area (Å²) in [5.41, 5.74) is 0. The average Bonchev–Trinajstić information content (AvgIpc) is 2.91. The van der Waals surface area contributed by atoms with Gasteiger partial charge in [-0.2, -0.15) is 0 Å². The van der Waals surface area contributed by atoms with Gasteiger partial charge in [0.2, 0.25) is 0 Å². The third kappa shape index (κ3) is 2.65. The summed E-state index contributed by atoms with van der Waals surface area (Å²) in [5.74, 6) is 0.971. The monoisotopic (exact) mass is 349 g/mol. The number of nitrogens with zero attached hydrogens (tertiary/aromatic N) is 3. The second kappa shape index (κ2) is 5.31. The number of piperidine rings is 1. The lowest BCUT2D eigenvalue weighted by Gasteiger charge is -2.37. The maximum atomic E-state index is 2.80. The Labute approximate surface area is 119 Å². The van der Waals surface area contributed by atoms with Crippen LogP contribution in [0, 0.1) is 5.92 Å². The van der Waals surface area contributed by atoms with Crippen molar-refractivity contribution in [3.8, 4) is 0 Å². The first kappa shape index (κ1) is 12.6. The van der Waals surface area contributed by atoms with E-state index in [0.29, 0.717) is 0 Å². The van der Waals surface area contributed by atoms with Gasteiger partial charge in [-0.25, -0.2) is 0 Å². The van der Waals surface area contributed by atoms with E-state index in [9.17, 15) is 0 Å². The summed E-state index contributed by atoms with van der Waals surface area (Å²) in [5, 5.41) is 0. The smallest absolute Gasteiger partial charge is 0.0509 e. The number of fused-ring (bicyclic) bond motifs is 2. The summed E-state index contributed by atoms with van der Waals surface area (Å²) in [7, 11) is 2.26. The van der Waals surface area contributed by atoms with E-state index in [-0.39, 0.29) is 0 Å². The van der Waals surface area contributed by atoms with Gasteiger partial charge in [-0.05, 0) is 45.3 Å². The summed E-state index contributed by atoms with van der Waals surface area (Å²) < 4.78 is 1.22. The van der Waals surface area contributed by atoms with Crippen LogP contribution in [0.2, 0.25) is 0 Å². The molecule has 3 nitrogen and oxygen atoms in total. The van der Waals surface area contributed by atoms with E-state index >= 15 is 0 Å². The van der Waals surface area contributed by atoms with E-state index < -0.39 is 0 Å². The lowest BCUT2D eigenvalue weighted by atomic mass is 9.96. The molecule has 3 fully saturated rings. The standard InChI is InChI=1S/C13H24IN3/c1-15-4-2-11(3-5-15)7-16-8-13-6-12(16)9-17(13)10-14/h11-13H,2-10H2,1H3/t12-,13-/m1/s1. The third-order valence-corrected chi connectivity index (χ3v) is 5.83. The molecule has 3 heterocycles. The Morgan fingerprint density at radius 1 is 1.06 bits per heavy atom. The summed E-state index contributed by atoms with van der Waals surface area (Å²) in [6, 6.07) is 1.76. The Morgan fingerprint density at radius 2 is 1.71 bits per heavy atom. The molecule has 0 amide bonds. The van der Waals surface area contributed by atoms with Crippen molar-refractivity contribution in [1.82, 2.24) is 14.7 Å². The molecule has 3 aliphatic rings. The summed E-state index contributed by atoms with van der Waals surface area (Å²) in [6.45, 7) is 6.68. The van der Waals surface area contributed by atoms with E-state index in [4.69, 9.17) is 0 Å². The molecule has 0 aromatic rings. The zero-order valence-corrected chi connectivity index (χ0v) is 13.0. The molecule has 0 aromatic carbocycles. The van der Waals surface area contributed by atoms with Gasteiger partial charge >= 0.3 is 0 Å². The van der Waals surface area contributed by atoms with Crippen LogP contribution < -0.4 is 0 Å². The molecule has 0 N–H and O–H groups in total. The molecule has 3 aliphatic heterocycles. The van der Waals surface area contributed by atoms with Crippen LogP contribution in [0.1, 0.15) is 19.3 Å². The van der Waals surface area contributed by atoms with Crippen LogP contribution in [0.15, 0.2) is 0 Å². The second-order valence-electron chi connectivity index (χ2n) is 6.13. The van der Waals surface area contributed by atoms with Crippen LogP contribution in [-0.4, -0.2) is 71.1 Å². The average molecular weight is 349 g/mol. The molecule has 98 valence electrons. The number of halogens is 1. The van der Waals surface area contributed by atoms with Gasteiger partial charge < -0.3 is 4.90 Å². The maximum Gasteiger partial charge on any atom is 0.0509 e.